The molecule has 0 bridgehead atoms. The molecule has 1 unspecified atom stereocenters. The fraction of sp³-hybridized carbons (Fsp3) is 0.176. The van der Waals surface area contributed by atoms with Gasteiger partial charge in [0, 0.05) is 5.39 Å². The van der Waals surface area contributed by atoms with E-state index in [0.29, 0.717) is 5.76 Å². The highest BCUT2D eigenvalue weighted by Crippen LogP contribution is 2.25. The van der Waals surface area contributed by atoms with E-state index in [-0.39, 0.29) is 6.61 Å². The van der Waals surface area contributed by atoms with Gasteiger partial charge in [-0.15, -0.1) is 0 Å². The Morgan fingerprint density at radius 2 is 1.85 bits per heavy atom. The maximum atomic E-state index is 10.2. The Bertz CT molecular complexity index is 682. The summed E-state index contributed by atoms with van der Waals surface area (Å²) in [5.41, 5.74) is 1.82. The molecule has 102 valence electrons. The molecule has 0 fully saturated rings. The normalized spacial score (nSPS) is 12.5. The predicted octanol–water partition coefficient (Wildman–Crippen LogP) is 3.85. The largest absolute Gasteiger partial charge is 0.490 e. The first kappa shape index (κ1) is 12.8. The number of furan rings is 1. The van der Waals surface area contributed by atoms with Gasteiger partial charge in [-0.25, -0.2) is 0 Å². The molecule has 20 heavy (non-hydrogen) atoms. The zero-order valence-electron chi connectivity index (χ0n) is 11.2. The van der Waals surface area contributed by atoms with Crippen molar-refractivity contribution in [3.63, 3.8) is 0 Å². The Kier molecular flexibility index (Phi) is 3.44. The monoisotopic (exact) mass is 268 g/mol. The zero-order valence-corrected chi connectivity index (χ0v) is 11.2. The molecule has 0 radical (unpaired) electrons. The number of hydrogen-bond acceptors (Lipinski definition) is 3. The van der Waals surface area contributed by atoms with E-state index in [1.54, 1.807) is 0 Å². The van der Waals surface area contributed by atoms with Crippen molar-refractivity contribution in [1.82, 2.24) is 0 Å². The van der Waals surface area contributed by atoms with E-state index in [1.165, 1.54) is 0 Å². The van der Waals surface area contributed by atoms with E-state index in [9.17, 15) is 5.11 Å². The number of aryl methyl sites for hydroxylation is 1. The van der Waals surface area contributed by atoms with Gasteiger partial charge in [-0.2, -0.15) is 0 Å². The maximum Gasteiger partial charge on any atom is 0.145 e. The highest BCUT2D eigenvalue weighted by atomic mass is 16.5. The molecular formula is C17H16O3. The fourth-order valence-electron chi connectivity index (χ4n) is 2.14. The molecular weight excluding hydrogens is 252 g/mol. The van der Waals surface area contributed by atoms with Crippen LogP contribution in [0.25, 0.3) is 11.0 Å². The molecule has 0 saturated carbocycles. The van der Waals surface area contributed by atoms with Crippen molar-refractivity contribution < 1.29 is 14.3 Å². The summed E-state index contributed by atoms with van der Waals surface area (Å²) >= 11 is 0. The lowest BCUT2D eigenvalue weighted by Crippen LogP contribution is -2.09. The van der Waals surface area contributed by atoms with Gasteiger partial charge in [-0.1, -0.05) is 36.4 Å². The van der Waals surface area contributed by atoms with E-state index in [2.05, 4.69) is 0 Å². The second-order valence-corrected chi connectivity index (χ2v) is 4.78. The first-order chi connectivity index (χ1) is 9.74. The zero-order chi connectivity index (χ0) is 13.9. The standard InChI is InChI=1S/C17H16O3/c1-12-6-2-4-8-15(12)19-11-14(18)17-10-13-7-3-5-9-16(13)20-17/h2-10,14,18H,11H2,1H3. The topological polar surface area (TPSA) is 42.6 Å². The average Bonchev–Trinajstić information content (AvgIpc) is 2.90. The van der Waals surface area contributed by atoms with Crippen LogP contribution in [0, 0.1) is 6.92 Å². The molecule has 0 aliphatic heterocycles. The summed E-state index contributed by atoms with van der Waals surface area (Å²) in [4.78, 5) is 0. The minimum absolute atomic E-state index is 0.171. The number of fused-ring (bicyclic) bond motifs is 1. The van der Waals surface area contributed by atoms with Gasteiger partial charge < -0.3 is 14.3 Å². The summed E-state index contributed by atoms with van der Waals surface area (Å²) in [5, 5.41) is 11.1. The summed E-state index contributed by atoms with van der Waals surface area (Å²) in [6.07, 6.45) is -0.776. The molecule has 1 N–H and O–H groups in total. The van der Waals surface area contributed by atoms with Gasteiger partial charge in [0.05, 0.1) is 0 Å². The summed E-state index contributed by atoms with van der Waals surface area (Å²) in [7, 11) is 0. The second-order valence-electron chi connectivity index (χ2n) is 4.78. The van der Waals surface area contributed by atoms with Crippen LogP contribution in [0.3, 0.4) is 0 Å². The molecule has 0 aliphatic rings. The third-order valence-corrected chi connectivity index (χ3v) is 3.26. The lowest BCUT2D eigenvalue weighted by molar-refractivity contribution is 0.0900. The second kappa shape index (κ2) is 5.39. The van der Waals surface area contributed by atoms with Crippen LogP contribution < -0.4 is 4.74 Å². The number of benzene rings is 2. The average molecular weight is 268 g/mol. The van der Waals surface area contributed by atoms with E-state index in [0.717, 1.165) is 22.3 Å². The van der Waals surface area contributed by atoms with Gasteiger partial charge in [-0.3, -0.25) is 0 Å². The number of aliphatic hydroxyl groups excluding tert-OH is 1. The van der Waals surface area contributed by atoms with Crippen molar-refractivity contribution in [2.75, 3.05) is 6.61 Å². The molecule has 0 spiro atoms. The molecule has 1 heterocycles. The number of rotatable bonds is 4. The van der Waals surface area contributed by atoms with Gasteiger partial charge in [0.2, 0.25) is 0 Å². The summed E-state index contributed by atoms with van der Waals surface area (Å²) < 4.78 is 11.3. The predicted molar refractivity (Wildman–Crippen MR) is 77.8 cm³/mol. The molecule has 3 heteroatoms. The van der Waals surface area contributed by atoms with Crippen LogP contribution in [0.4, 0.5) is 0 Å². The minimum atomic E-state index is -0.776. The minimum Gasteiger partial charge on any atom is -0.490 e. The third-order valence-electron chi connectivity index (χ3n) is 3.26. The lowest BCUT2D eigenvalue weighted by atomic mass is 10.2. The van der Waals surface area contributed by atoms with Crippen molar-refractivity contribution in [2.24, 2.45) is 0 Å². The van der Waals surface area contributed by atoms with E-state index in [4.69, 9.17) is 9.15 Å². The molecule has 1 aromatic heterocycles. The molecule has 1 atom stereocenters. The highest BCUT2D eigenvalue weighted by molar-refractivity contribution is 5.77. The van der Waals surface area contributed by atoms with Crippen molar-refractivity contribution in [3.05, 3.63) is 65.9 Å². The number of aliphatic hydroxyl groups is 1. The van der Waals surface area contributed by atoms with Crippen LogP contribution >= 0.6 is 0 Å². The third kappa shape index (κ3) is 2.53. The maximum absolute atomic E-state index is 10.2. The van der Waals surface area contributed by atoms with Crippen molar-refractivity contribution in [3.8, 4) is 5.75 Å². The van der Waals surface area contributed by atoms with Gasteiger partial charge >= 0.3 is 0 Å². The Hall–Kier alpha value is -2.26. The molecule has 0 aliphatic carbocycles. The van der Waals surface area contributed by atoms with Crippen LogP contribution in [0.2, 0.25) is 0 Å². The Morgan fingerprint density at radius 3 is 2.65 bits per heavy atom. The highest BCUT2D eigenvalue weighted by Gasteiger charge is 2.14. The van der Waals surface area contributed by atoms with Crippen molar-refractivity contribution in [1.29, 1.82) is 0 Å². The summed E-state index contributed by atoms with van der Waals surface area (Å²) in [6, 6.07) is 17.3. The molecule has 3 nitrogen and oxygen atoms in total. The first-order valence-electron chi connectivity index (χ1n) is 6.59. The van der Waals surface area contributed by atoms with Crippen LogP contribution in [0.1, 0.15) is 17.4 Å². The SMILES string of the molecule is Cc1ccccc1OCC(O)c1cc2ccccc2o1. The smallest absolute Gasteiger partial charge is 0.145 e. The number of ether oxygens (including phenoxy) is 1. The summed E-state index contributed by atoms with van der Waals surface area (Å²) in [5.74, 6) is 1.31. The van der Waals surface area contributed by atoms with Crippen LogP contribution in [-0.2, 0) is 0 Å². The Balaban J connectivity index is 1.73. The van der Waals surface area contributed by atoms with Crippen LogP contribution in [-0.4, -0.2) is 11.7 Å². The van der Waals surface area contributed by atoms with Crippen LogP contribution in [0.5, 0.6) is 5.75 Å². The Morgan fingerprint density at radius 1 is 1.10 bits per heavy atom. The summed E-state index contributed by atoms with van der Waals surface area (Å²) in [6.45, 7) is 2.15. The fourth-order valence-corrected chi connectivity index (χ4v) is 2.14. The van der Waals surface area contributed by atoms with Crippen molar-refractivity contribution in [2.45, 2.75) is 13.0 Å². The lowest BCUT2D eigenvalue weighted by Gasteiger charge is -2.11. The number of para-hydroxylation sites is 2. The van der Waals surface area contributed by atoms with E-state index < -0.39 is 6.10 Å². The molecule has 3 rings (SSSR count). The van der Waals surface area contributed by atoms with Gasteiger partial charge in [0.15, 0.2) is 0 Å². The Labute approximate surface area is 117 Å². The van der Waals surface area contributed by atoms with Crippen molar-refractivity contribution >= 4 is 11.0 Å². The molecule has 0 amide bonds. The van der Waals surface area contributed by atoms with Crippen LogP contribution in [0.15, 0.2) is 59.0 Å². The van der Waals surface area contributed by atoms with E-state index in [1.807, 2.05) is 61.5 Å². The molecule has 0 saturated heterocycles. The van der Waals surface area contributed by atoms with Gasteiger partial charge in [-0.05, 0) is 30.7 Å². The van der Waals surface area contributed by atoms with Gasteiger partial charge in [0.25, 0.3) is 0 Å². The number of hydrogen-bond donors (Lipinski definition) is 1. The molecule has 2 aromatic carbocycles. The first-order valence-corrected chi connectivity index (χ1v) is 6.59. The van der Waals surface area contributed by atoms with E-state index >= 15 is 0 Å². The molecule has 3 aromatic rings. The van der Waals surface area contributed by atoms with Gasteiger partial charge in [0.1, 0.15) is 29.8 Å². The quantitative estimate of drug-likeness (QED) is 0.781.